The molecule has 3 rings (SSSR count). The summed E-state index contributed by atoms with van der Waals surface area (Å²) >= 11 is 0. The molecule has 0 bridgehead atoms. The fourth-order valence-electron chi connectivity index (χ4n) is 2.97. The Morgan fingerprint density at radius 3 is 2.62 bits per heavy atom. The van der Waals surface area contributed by atoms with E-state index in [9.17, 15) is 4.79 Å². The summed E-state index contributed by atoms with van der Waals surface area (Å²) in [7, 11) is 0. The second-order valence-corrected chi connectivity index (χ2v) is 5.82. The van der Waals surface area contributed by atoms with Gasteiger partial charge in [0.05, 0.1) is 11.0 Å². The molecule has 128 valence electrons. The van der Waals surface area contributed by atoms with Crippen LogP contribution in [0.2, 0.25) is 0 Å². The molecule has 7 nitrogen and oxygen atoms in total. The van der Waals surface area contributed by atoms with Crippen LogP contribution in [0.3, 0.4) is 0 Å². The molecule has 0 radical (unpaired) electrons. The average molecular weight is 328 g/mol. The number of rotatable bonds is 7. The summed E-state index contributed by atoms with van der Waals surface area (Å²) in [5, 5.41) is 7.42. The van der Waals surface area contributed by atoms with Crippen LogP contribution in [-0.4, -0.2) is 56.2 Å². The fraction of sp³-hybridized carbons (Fsp3) is 0.471. The van der Waals surface area contributed by atoms with Gasteiger partial charge in [0, 0.05) is 13.1 Å². The van der Waals surface area contributed by atoms with Crippen molar-refractivity contribution in [3.8, 4) is 0 Å². The Bertz CT molecular complexity index is 845. The number of imidazole rings is 1. The van der Waals surface area contributed by atoms with Gasteiger partial charge in [-0.15, -0.1) is 5.10 Å². The van der Waals surface area contributed by atoms with Gasteiger partial charge in [-0.1, -0.05) is 26.0 Å². The lowest BCUT2D eigenvalue weighted by Crippen LogP contribution is -2.36. The lowest BCUT2D eigenvalue weighted by Gasteiger charge is -2.18. The predicted molar refractivity (Wildman–Crippen MR) is 94.0 cm³/mol. The molecular formula is C17H24N6O. The van der Waals surface area contributed by atoms with E-state index in [0.29, 0.717) is 18.1 Å². The van der Waals surface area contributed by atoms with Crippen LogP contribution in [0.15, 0.2) is 24.3 Å². The van der Waals surface area contributed by atoms with Gasteiger partial charge in [-0.25, -0.2) is 0 Å². The largest absolute Gasteiger partial charge is 0.353 e. The van der Waals surface area contributed by atoms with Gasteiger partial charge in [0.25, 0.3) is 0 Å². The van der Waals surface area contributed by atoms with E-state index < -0.39 is 0 Å². The molecule has 24 heavy (non-hydrogen) atoms. The van der Waals surface area contributed by atoms with Crippen molar-refractivity contribution in [2.75, 3.05) is 26.2 Å². The Morgan fingerprint density at radius 1 is 1.21 bits per heavy atom. The first-order chi connectivity index (χ1) is 11.6. The first kappa shape index (κ1) is 16.4. The van der Waals surface area contributed by atoms with Crippen LogP contribution in [0, 0.1) is 6.92 Å². The smallest absolute Gasteiger partial charge is 0.240 e. The van der Waals surface area contributed by atoms with Crippen LogP contribution in [-0.2, 0) is 11.3 Å². The summed E-state index contributed by atoms with van der Waals surface area (Å²) in [5.41, 5.74) is 1.93. The molecule has 2 heterocycles. The number of likely N-dealkylation sites (N-methyl/N-ethyl adjacent to an activating group) is 1. The minimum absolute atomic E-state index is 0.00828. The molecule has 0 aliphatic heterocycles. The van der Waals surface area contributed by atoms with Crippen LogP contribution >= 0.6 is 0 Å². The molecule has 0 spiro atoms. The van der Waals surface area contributed by atoms with Crippen molar-refractivity contribution in [1.29, 1.82) is 0 Å². The summed E-state index contributed by atoms with van der Waals surface area (Å²) in [6.07, 6.45) is 0. The number of carbonyl (C=O) groups is 1. The molecule has 7 heteroatoms. The van der Waals surface area contributed by atoms with Gasteiger partial charge in [-0.05, 0) is 32.1 Å². The molecule has 1 amide bonds. The Balaban J connectivity index is 1.77. The van der Waals surface area contributed by atoms with E-state index in [1.807, 2.05) is 35.8 Å². The van der Waals surface area contributed by atoms with E-state index in [0.717, 1.165) is 30.7 Å². The number of fused-ring (bicyclic) bond motifs is 3. The molecule has 2 aromatic heterocycles. The summed E-state index contributed by atoms with van der Waals surface area (Å²) in [6, 6.07) is 7.91. The summed E-state index contributed by atoms with van der Waals surface area (Å²) in [6.45, 7) is 9.86. The van der Waals surface area contributed by atoms with Crippen molar-refractivity contribution in [1.82, 2.24) is 29.4 Å². The fourth-order valence-corrected chi connectivity index (χ4v) is 2.97. The molecule has 0 saturated heterocycles. The first-order valence-corrected chi connectivity index (χ1v) is 8.43. The van der Waals surface area contributed by atoms with E-state index in [-0.39, 0.29) is 12.5 Å². The van der Waals surface area contributed by atoms with Crippen molar-refractivity contribution < 1.29 is 4.79 Å². The summed E-state index contributed by atoms with van der Waals surface area (Å²) in [4.78, 5) is 19.1. The standard InChI is InChI=1S/C17H24N6O/c1-4-21(5-2)11-10-18-16(24)12-22-14-8-6-7-9-15(14)23-17(22)19-13(3)20-23/h6-9H,4-5,10-12H2,1-3H3,(H,18,24). The van der Waals surface area contributed by atoms with E-state index in [1.54, 1.807) is 4.52 Å². The zero-order valence-electron chi connectivity index (χ0n) is 14.5. The van der Waals surface area contributed by atoms with Crippen LogP contribution in [0.25, 0.3) is 16.8 Å². The maximum atomic E-state index is 12.4. The number of aromatic nitrogens is 4. The van der Waals surface area contributed by atoms with Crippen LogP contribution in [0.4, 0.5) is 0 Å². The first-order valence-electron chi connectivity index (χ1n) is 8.43. The SMILES string of the molecule is CCN(CC)CCNC(=O)Cn1c2ccccc2n2nc(C)nc12. The third-order valence-corrected chi connectivity index (χ3v) is 4.28. The van der Waals surface area contributed by atoms with E-state index >= 15 is 0 Å². The maximum Gasteiger partial charge on any atom is 0.240 e. The molecule has 0 aliphatic carbocycles. The number of carbonyl (C=O) groups excluding carboxylic acids is 1. The molecule has 0 aliphatic rings. The number of amides is 1. The van der Waals surface area contributed by atoms with Gasteiger partial charge < -0.3 is 10.2 Å². The lowest BCUT2D eigenvalue weighted by atomic mass is 10.3. The number of para-hydroxylation sites is 2. The number of nitrogens with zero attached hydrogens (tertiary/aromatic N) is 5. The Morgan fingerprint density at radius 2 is 1.92 bits per heavy atom. The van der Waals surface area contributed by atoms with Crippen molar-refractivity contribution >= 4 is 22.7 Å². The molecule has 1 N–H and O–H groups in total. The molecule has 0 fully saturated rings. The number of hydrogen-bond acceptors (Lipinski definition) is 4. The molecule has 3 aromatic rings. The Labute approximate surface area is 141 Å². The van der Waals surface area contributed by atoms with Gasteiger partial charge in [-0.2, -0.15) is 9.50 Å². The second kappa shape index (κ2) is 7.00. The molecule has 1 aromatic carbocycles. The minimum Gasteiger partial charge on any atom is -0.353 e. The van der Waals surface area contributed by atoms with Crippen molar-refractivity contribution in [2.24, 2.45) is 0 Å². The summed E-state index contributed by atoms with van der Waals surface area (Å²) in [5.74, 6) is 1.39. The maximum absolute atomic E-state index is 12.4. The number of nitrogens with one attached hydrogen (secondary N) is 1. The topological polar surface area (TPSA) is 67.5 Å². The van der Waals surface area contributed by atoms with Gasteiger partial charge in [0.1, 0.15) is 12.4 Å². The highest BCUT2D eigenvalue weighted by atomic mass is 16.1. The van der Waals surface area contributed by atoms with Crippen LogP contribution < -0.4 is 5.32 Å². The van der Waals surface area contributed by atoms with Crippen LogP contribution in [0.1, 0.15) is 19.7 Å². The van der Waals surface area contributed by atoms with Crippen LogP contribution in [0.5, 0.6) is 0 Å². The molecule has 0 atom stereocenters. The molecular weight excluding hydrogens is 304 g/mol. The highest BCUT2D eigenvalue weighted by molar-refractivity contribution is 5.84. The molecule has 0 unspecified atom stereocenters. The zero-order chi connectivity index (χ0) is 17.1. The number of aryl methyl sites for hydroxylation is 1. The molecule has 0 saturated carbocycles. The number of benzene rings is 1. The van der Waals surface area contributed by atoms with Gasteiger partial charge in [0.15, 0.2) is 0 Å². The van der Waals surface area contributed by atoms with E-state index in [4.69, 9.17) is 0 Å². The monoisotopic (exact) mass is 328 g/mol. The quantitative estimate of drug-likeness (QED) is 0.713. The van der Waals surface area contributed by atoms with Crippen molar-refractivity contribution in [3.63, 3.8) is 0 Å². The minimum atomic E-state index is -0.00828. The van der Waals surface area contributed by atoms with E-state index in [2.05, 4.69) is 34.1 Å². The van der Waals surface area contributed by atoms with Gasteiger partial charge in [-0.3, -0.25) is 9.36 Å². The van der Waals surface area contributed by atoms with E-state index in [1.165, 1.54) is 0 Å². The Kier molecular flexibility index (Phi) is 4.80. The van der Waals surface area contributed by atoms with Gasteiger partial charge in [0.2, 0.25) is 11.7 Å². The Hall–Kier alpha value is -2.41. The third kappa shape index (κ3) is 3.12. The predicted octanol–water partition coefficient (Wildman–Crippen LogP) is 1.45. The summed E-state index contributed by atoms with van der Waals surface area (Å²) < 4.78 is 3.72. The lowest BCUT2D eigenvalue weighted by molar-refractivity contribution is -0.121. The normalized spacial score (nSPS) is 11.7. The third-order valence-electron chi connectivity index (χ3n) is 4.28. The van der Waals surface area contributed by atoms with Crippen molar-refractivity contribution in [3.05, 3.63) is 30.1 Å². The van der Waals surface area contributed by atoms with Gasteiger partial charge >= 0.3 is 0 Å². The zero-order valence-corrected chi connectivity index (χ0v) is 14.5. The highest BCUT2D eigenvalue weighted by Crippen LogP contribution is 2.19. The highest BCUT2D eigenvalue weighted by Gasteiger charge is 2.15. The number of hydrogen-bond donors (Lipinski definition) is 1. The second-order valence-electron chi connectivity index (χ2n) is 5.82. The average Bonchev–Trinajstić information content (AvgIpc) is 3.09. The van der Waals surface area contributed by atoms with Crippen molar-refractivity contribution in [2.45, 2.75) is 27.3 Å².